The molecule has 0 aromatic carbocycles. The summed E-state index contributed by atoms with van der Waals surface area (Å²) in [4.78, 5) is 4.27. The number of pyridine rings is 1. The zero-order chi connectivity index (χ0) is 14.6. The van der Waals surface area contributed by atoms with Crippen molar-refractivity contribution in [1.82, 2.24) is 19.5 Å². The first-order valence-corrected chi connectivity index (χ1v) is 7.93. The molecule has 6 nitrogen and oxygen atoms in total. The molecule has 0 aliphatic carbocycles. The summed E-state index contributed by atoms with van der Waals surface area (Å²) in [6.45, 7) is 4.83. The van der Waals surface area contributed by atoms with Gasteiger partial charge in [0.05, 0.1) is 6.20 Å². The normalized spacial score (nSPS) is 11.7. The van der Waals surface area contributed by atoms with Gasteiger partial charge in [-0.3, -0.25) is 9.67 Å². The average molecular weight is 294 g/mol. The summed E-state index contributed by atoms with van der Waals surface area (Å²) in [5, 5.41) is 4.03. The van der Waals surface area contributed by atoms with Gasteiger partial charge in [-0.05, 0) is 31.0 Å². The number of sulfonamides is 1. The predicted octanol–water partition coefficient (Wildman–Crippen LogP) is 1.48. The lowest BCUT2D eigenvalue weighted by Crippen LogP contribution is -2.23. The third kappa shape index (κ3) is 3.64. The molecule has 0 amide bonds. The van der Waals surface area contributed by atoms with Gasteiger partial charge in [0.15, 0.2) is 0 Å². The van der Waals surface area contributed by atoms with Crippen molar-refractivity contribution < 1.29 is 8.42 Å². The van der Waals surface area contributed by atoms with Crippen molar-refractivity contribution in [3.8, 4) is 0 Å². The lowest BCUT2D eigenvalue weighted by molar-refractivity contribution is 0.579. The van der Waals surface area contributed by atoms with Gasteiger partial charge in [0.1, 0.15) is 4.90 Å². The van der Waals surface area contributed by atoms with Crippen LogP contribution in [0.2, 0.25) is 0 Å². The third-order valence-corrected chi connectivity index (χ3v) is 4.16. The second-order valence-electron chi connectivity index (χ2n) is 4.57. The standard InChI is InChI=1S/C13H18N4O2S/c1-3-6-17-10-13(9-15-17)20(18,19)16-8-12-4-5-14-11(2)7-12/h4-5,7,9-10,16H,3,6,8H2,1-2H3. The highest BCUT2D eigenvalue weighted by Crippen LogP contribution is 2.09. The van der Waals surface area contributed by atoms with Crippen LogP contribution in [0.3, 0.4) is 0 Å². The molecule has 0 saturated heterocycles. The van der Waals surface area contributed by atoms with Gasteiger partial charge in [-0.1, -0.05) is 6.92 Å². The van der Waals surface area contributed by atoms with E-state index in [1.807, 2.05) is 19.9 Å². The molecule has 2 rings (SSSR count). The SMILES string of the molecule is CCCn1cc(S(=O)(=O)NCc2ccnc(C)c2)cn1. The van der Waals surface area contributed by atoms with E-state index in [-0.39, 0.29) is 11.4 Å². The molecule has 0 bridgehead atoms. The molecule has 1 N–H and O–H groups in total. The summed E-state index contributed by atoms with van der Waals surface area (Å²) >= 11 is 0. The lowest BCUT2D eigenvalue weighted by Gasteiger charge is -2.05. The molecule has 0 fully saturated rings. The molecule has 20 heavy (non-hydrogen) atoms. The van der Waals surface area contributed by atoms with E-state index in [1.54, 1.807) is 23.1 Å². The molecule has 2 aromatic rings. The zero-order valence-electron chi connectivity index (χ0n) is 11.6. The molecule has 7 heteroatoms. The maximum atomic E-state index is 12.1. The van der Waals surface area contributed by atoms with Gasteiger partial charge in [-0.25, -0.2) is 13.1 Å². The average Bonchev–Trinajstić information content (AvgIpc) is 2.87. The van der Waals surface area contributed by atoms with Crippen molar-refractivity contribution in [2.45, 2.75) is 38.3 Å². The largest absolute Gasteiger partial charge is 0.271 e. The van der Waals surface area contributed by atoms with Gasteiger partial charge in [-0.2, -0.15) is 5.10 Å². The fourth-order valence-electron chi connectivity index (χ4n) is 1.81. The Bertz CT molecular complexity index is 679. The second kappa shape index (κ2) is 6.15. The first kappa shape index (κ1) is 14.7. The second-order valence-corrected chi connectivity index (χ2v) is 6.34. The molecule has 108 valence electrons. The first-order valence-electron chi connectivity index (χ1n) is 6.45. The summed E-state index contributed by atoms with van der Waals surface area (Å²) in [6, 6.07) is 3.64. The van der Waals surface area contributed by atoms with Crippen LogP contribution in [0.25, 0.3) is 0 Å². The van der Waals surface area contributed by atoms with Crippen molar-refractivity contribution in [1.29, 1.82) is 0 Å². The van der Waals surface area contributed by atoms with E-state index in [0.29, 0.717) is 6.54 Å². The summed E-state index contributed by atoms with van der Waals surface area (Å²) in [6.07, 6.45) is 5.49. The van der Waals surface area contributed by atoms with E-state index in [4.69, 9.17) is 0 Å². The van der Waals surface area contributed by atoms with Crippen LogP contribution in [0.4, 0.5) is 0 Å². The van der Waals surface area contributed by atoms with Crippen LogP contribution in [-0.4, -0.2) is 23.2 Å². The van der Waals surface area contributed by atoms with Crippen molar-refractivity contribution >= 4 is 10.0 Å². The fraction of sp³-hybridized carbons (Fsp3) is 0.385. The summed E-state index contributed by atoms with van der Waals surface area (Å²) in [5.41, 5.74) is 1.74. The molecule has 0 aliphatic rings. The Morgan fingerprint density at radius 2 is 2.20 bits per heavy atom. The van der Waals surface area contributed by atoms with Crippen LogP contribution < -0.4 is 4.72 Å². The molecule has 0 aliphatic heterocycles. The van der Waals surface area contributed by atoms with Crippen LogP contribution in [0, 0.1) is 6.92 Å². The Morgan fingerprint density at radius 1 is 1.40 bits per heavy atom. The van der Waals surface area contributed by atoms with Crippen LogP contribution in [0.15, 0.2) is 35.6 Å². The Labute approximate surface area is 118 Å². The highest BCUT2D eigenvalue weighted by Gasteiger charge is 2.16. The number of aryl methyl sites for hydroxylation is 2. The Morgan fingerprint density at radius 3 is 2.90 bits per heavy atom. The van der Waals surface area contributed by atoms with Crippen LogP contribution in [0.5, 0.6) is 0 Å². The topological polar surface area (TPSA) is 76.9 Å². The first-order chi connectivity index (χ1) is 9.51. The summed E-state index contributed by atoms with van der Waals surface area (Å²) < 4.78 is 28.5. The van der Waals surface area contributed by atoms with Crippen molar-refractivity contribution in [2.75, 3.05) is 0 Å². The van der Waals surface area contributed by atoms with E-state index >= 15 is 0 Å². The van der Waals surface area contributed by atoms with Gasteiger partial charge in [-0.15, -0.1) is 0 Å². The molecule has 0 unspecified atom stereocenters. The number of hydrogen-bond acceptors (Lipinski definition) is 4. The van der Waals surface area contributed by atoms with Gasteiger partial charge >= 0.3 is 0 Å². The molecular formula is C13H18N4O2S. The van der Waals surface area contributed by atoms with Crippen LogP contribution >= 0.6 is 0 Å². The van der Waals surface area contributed by atoms with E-state index in [1.165, 1.54) is 6.20 Å². The predicted molar refractivity (Wildman–Crippen MR) is 75.5 cm³/mol. The van der Waals surface area contributed by atoms with Crippen LogP contribution in [-0.2, 0) is 23.1 Å². The van der Waals surface area contributed by atoms with Crippen molar-refractivity contribution in [3.05, 3.63) is 42.0 Å². The molecule has 0 saturated carbocycles. The Kier molecular flexibility index (Phi) is 4.51. The number of nitrogens with zero attached hydrogens (tertiary/aromatic N) is 3. The maximum Gasteiger partial charge on any atom is 0.243 e. The third-order valence-electron chi connectivity index (χ3n) is 2.80. The summed E-state index contributed by atoms with van der Waals surface area (Å²) in [7, 11) is -3.52. The number of nitrogens with one attached hydrogen (secondary N) is 1. The minimum atomic E-state index is -3.52. The van der Waals surface area contributed by atoms with Gasteiger partial charge < -0.3 is 0 Å². The van der Waals surface area contributed by atoms with E-state index < -0.39 is 10.0 Å². The van der Waals surface area contributed by atoms with Crippen molar-refractivity contribution in [3.63, 3.8) is 0 Å². The fourth-order valence-corrected chi connectivity index (χ4v) is 2.78. The van der Waals surface area contributed by atoms with Crippen molar-refractivity contribution in [2.24, 2.45) is 0 Å². The Hall–Kier alpha value is -1.73. The van der Waals surface area contributed by atoms with E-state index in [0.717, 1.165) is 17.7 Å². The van der Waals surface area contributed by atoms with Gasteiger partial charge in [0.2, 0.25) is 10.0 Å². The zero-order valence-corrected chi connectivity index (χ0v) is 12.4. The monoisotopic (exact) mass is 294 g/mol. The highest BCUT2D eigenvalue weighted by molar-refractivity contribution is 7.89. The highest BCUT2D eigenvalue weighted by atomic mass is 32.2. The van der Waals surface area contributed by atoms with E-state index in [2.05, 4.69) is 14.8 Å². The Balaban J connectivity index is 2.06. The number of hydrogen-bond donors (Lipinski definition) is 1. The molecule has 0 radical (unpaired) electrons. The lowest BCUT2D eigenvalue weighted by atomic mass is 10.2. The minimum absolute atomic E-state index is 0.191. The minimum Gasteiger partial charge on any atom is -0.271 e. The number of aromatic nitrogens is 3. The molecule has 2 aromatic heterocycles. The maximum absolute atomic E-state index is 12.1. The quantitative estimate of drug-likeness (QED) is 0.875. The van der Waals surface area contributed by atoms with Crippen LogP contribution in [0.1, 0.15) is 24.6 Å². The molecule has 0 spiro atoms. The summed E-state index contributed by atoms with van der Waals surface area (Å²) in [5.74, 6) is 0. The number of rotatable bonds is 6. The molecular weight excluding hydrogens is 276 g/mol. The molecule has 2 heterocycles. The van der Waals surface area contributed by atoms with Gasteiger partial charge in [0.25, 0.3) is 0 Å². The van der Waals surface area contributed by atoms with E-state index in [9.17, 15) is 8.42 Å². The molecule has 0 atom stereocenters. The van der Waals surface area contributed by atoms with Gasteiger partial charge in [0, 0.05) is 31.2 Å². The smallest absolute Gasteiger partial charge is 0.243 e.